The van der Waals surface area contributed by atoms with E-state index in [1.807, 2.05) is 0 Å². The van der Waals surface area contributed by atoms with Crippen LogP contribution in [0.4, 0.5) is 0 Å². The number of imidazole rings is 1. The molecule has 0 aliphatic heterocycles. The van der Waals surface area contributed by atoms with Gasteiger partial charge in [-0.2, -0.15) is 0 Å². The van der Waals surface area contributed by atoms with Crippen molar-refractivity contribution in [3.8, 4) is 0 Å². The Labute approximate surface area is 164 Å². The van der Waals surface area contributed by atoms with Crippen molar-refractivity contribution in [3.05, 3.63) is 27.2 Å². The zero-order valence-electron chi connectivity index (χ0n) is 17.0. The molecule has 0 bridgehead atoms. The smallest absolute Gasteiger partial charge is 0.334 e. The van der Waals surface area contributed by atoms with Crippen LogP contribution in [0, 0.1) is 0 Å². The number of fused-ring (bicyclic) bond motifs is 1. The van der Waals surface area contributed by atoms with E-state index in [2.05, 4.69) is 23.4 Å². The molecular weight excluding hydrogens is 387 g/mol. The van der Waals surface area contributed by atoms with Crippen molar-refractivity contribution in [1.29, 1.82) is 0 Å². The van der Waals surface area contributed by atoms with Crippen molar-refractivity contribution < 1.29 is 18.7 Å². The predicted molar refractivity (Wildman–Crippen MR) is 108 cm³/mol. The third kappa shape index (κ3) is 6.70. The van der Waals surface area contributed by atoms with Gasteiger partial charge in [-0.15, -0.1) is 0 Å². The molecule has 0 spiro atoms. The zero-order valence-corrected chi connectivity index (χ0v) is 18.0. The third-order valence-electron chi connectivity index (χ3n) is 4.05. The van der Waals surface area contributed by atoms with Gasteiger partial charge in [-0.3, -0.25) is 13.9 Å². The molecule has 0 saturated carbocycles. The molecular formula is C17H31N4O6P. The molecule has 0 aliphatic rings. The zero-order chi connectivity index (χ0) is 21.1. The average molecular weight is 418 g/mol. The van der Waals surface area contributed by atoms with E-state index in [0.29, 0.717) is 37.2 Å². The van der Waals surface area contributed by atoms with Gasteiger partial charge in [-0.05, 0) is 19.8 Å². The summed E-state index contributed by atoms with van der Waals surface area (Å²) in [6.07, 6.45) is 5.34. The molecule has 0 aliphatic carbocycles. The average Bonchev–Trinajstić information content (AvgIpc) is 3.10. The molecule has 2 rings (SSSR count). The van der Waals surface area contributed by atoms with Crippen molar-refractivity contribution in [1.82, 2.24) is 18.7 Å². The topological polar surface area (TPSA) is 118 Å². The fraction of sp³-hybridized carbons (Fsp3) is 0.706. The van der Waals surface area contributed by atoms with E-state index in [4.69, 9.17) is 9.63 Å². The van der Waals surface area contributed by atoms with Crippen LogP contribution in [-0.2, 0) is 34.1 Å². The Hall–Kier alpha value is -1.74. The molecule has 0 fully saturated rings. The number of ether oxygens (including phenoxy) is 1. The molecule has 1 N–H and O–H groups in total. The van der Waals surface area contributed by atoms with Crippen LogP contribution < -0.4 is 11.2 Å². The quantitative estimate of drug-likeness (QED) is 0.462. The van der Waals surface area contributed by atoms with Crippen LogP contribution in [0.2, 0.25) is 0 Å². The van der Waals surface area contributed by atoms with E-state index in [-0.39, 0.29) is 13.3 Å². The number of nitrogens with zero attached hydrogens (tertiary/aromatic N) is 4. The largest absolute Gasteiger partial charge is 0.361 e. The van der Waals surface area contributed by atoms with Gasteiger partial charge in [0, 0.05) is 20.2 Å². The second-order valence-electron chi connectivity index (χ2n) is 6.13. The van der Waals surface area contributed by atoms with Crippen molar-refractivity contribution >= 4 is 19.4 Å². The van der Waals surface area contributed by atoms with Gasteiger partial charge in [0.25, 0.3) is 5.56 Å². The fourth-order valence-corrected chi connectivity index (χ4v) is 2.65. The van der Waals surface area contributed by atoms with E-state index >= 15 is 0 Å². The lowest BCUT2D eigenvalue weighted by atomic mass is 10.3. The van der Waals surface area contributed by atoms with Gasteiger partial charge < -0.3 is 18.7 Å². The van der Waals surface area contributed by atoms with E-state index in [1.165, 1.54) is 23.7 Å². The molecule has 0 radical (unpaired) electrons. The lowest BCUT2D eigenvalue weighted by Crippen LogP contribution is -2.40. The van der Waals surface area contributed by atoms with Crippen LogP contribution in [-0.4, -0.2) is 36.8 Å². The Kier molecular flexibility index (Phi) is 11.0. The van der Waals surface area contributed by atoms with E-state index in [9.17, 15) is 14.2 Å². The van der Waals surface area contributed by atoms with Gasteiger partial charge in [0.2, 0.25) is 0 Å². The minimum atomic E-state index is -2.91. The number of rotatable bonds is 10. The van der Waals surface area contributed by atoms with E-state index in [1.54, 1.807) is 18.5 Å². The number of unbranched alkanes of at least 4 members (excludes halogenated alkanes) is 2. The summed E-state index contributed by atoms with van der Waals surface area (Å²) in [4.78, 5) is 37.5. The second kappa shape index (κ2) is 12.7. The molecule has 0 saturated heterocycles. The lowest BCUT2D eigenvalue weighted by Gasteiger charge is -2.09. The summed E-state index contributed by atoms with van der Waals surface area (Å²) in [5, 5.41) is 0. The highest BCUT2D eigenvalue weighted by atomic mass is 31.1. The van der Waals surface area contributed by atoms with Gasteiger partial charge in [0.1, 0.15) is 6.73 Å². The Balaban J connectivity index is 0.000000892. The summed E-state index contributed by atoms with van der Waals surface area (Å²) < 4.78 is 24.3. The number of hydrogen-bond acceptors (Lipinski definition) is 6. The van der Waals surface area contributed by atoms with Crippen molar-refractivity contribution in [2.75, 3.05) is 13.2 Å². The number of hydrogen-bond donors (Lipinski definition) is 1. The van der Waals surface area contributed by atoms with Crippen molar-refractivity contribution in [2.24, 2.45) is 7.05 Å². The Morgan fingerprint density at radius 3 is 2.43 bits per heavy atom. The van der Waals surface area contributed by atoms with Crippen LogP contribution in [0.15, 0.2) is 15.9 Å². The first kappa shape index (κ1) is 24.3. The second-order valence-corrected chi connectivity index (χ2v) is 6.95. The molecule has 160 valence electrons. The van der Waals surface area contributed by atoms with Gasteiger partial charge >= 0.3 is 13.9 Å². The Morgan fingerprint density at radius 2 is 1.86 bits per heavy atom. The molecule has 2 aromatic heterocycles. The van der Waals surface area contributed by atoms with Gasteiger partial charge in [0.15, 0.2) is 11.2 Å². The minimum absolute atomic E-state index is 0.109. The van der Waals surface area contributed by atoms with Crippen LogP contribution in [0.5, 0.6) is 0 Å². The van der Waals surface area contributed by atoms with Crippen molar-refractivity contribution in [2.45, 2.75) is 59.7 Å². The van der Waals surface area contributed by atoms with Gasteiger partial charge in [-0.25, -0.2) is 14.3 Å². The van der Waals surface area contributed by atoms with E-state index < -0.39 is 19.5 Å². The monoisotopic (exact) mass is 418 g/mol. The Morgan fingerprint density at radius 1 is 1.18 bits per heavy atom. The highest BCUT2D eigenvalue weighted by Crippen LogP contribution is 2.15. The van der Waals surface area contributed by atoms with Crippen molar-refractivity contribution in [3.63, 3.8) is 0 Å². The third-order valence-corrected chi connectivity index (χ3v) is 4.50. The molecule has 1 unspecified atom stereocenters. The lowest BCUT2D eigenvalue weighted by molar-refractivity contribution is 0.0817. The highest BCUT2D eigenvalue weighted by Gasteiger charge is 2.15. The molecule has 2 aromatic rings. The SMILES string of the molecule is CCCC.CCOCn1c(=O)c2c(ncn2CCCCO[PH](=O)O)n(C)c1=O. The van der Waals surface area contributed by atoms with Crippen LogP contribution >= 0.6 is 8.25 Å². The molecule has 0 amide bonds. The standard InChI is InChI=1S/C13H21N4O6P.C4H10/c1-3-22-9-17-12(18)10-11(15(2)13(17)19)14-8-16(10)6-4-5-7-23-24(20)21;1-3-4-2/h8,24H,3-7,9H2,1-2H3,(H,20,21);3-4H2,1-2H3. The maximum absolute atomic E-state index is 12.6. The minimum Gasteiger partial charge on any atom is -0.361 e. The maximum atomic E-state index is 12.6. The van der Waals surface area contributed by atoms with Crippen LogP contribution in [0.1, 0.15) is 46.5 Å². The Bertz CT molecular complexity index is 871. The summed E-state index contributed by atoms with van der Waals surface area (Å²) >= 11 is 0. The van der Waals surface area contributed by atoms with Gasteiger partial charge in [-0.1, -0.05) is 26.7 Å². The summed E-state index contributed by atoms with van der Waals surface area (Å²) in [6.45, 7) is 7.08. The molecule has 2 heterocycles. The summed E-state index contributed by atoms with van der Waals surface area (Å²) in [7, 11) is -1.36. The van der Waals surface area contributed by atoms with Gasteiger partial charge in [0.05, 0.1) is 12.9 Å². The number of aromatic nitrogens is 4. The first-order valence-electron chi connectivity index (χ1n) is 9.47. The summed E-state index contributed by atoms with van der Waals surface area (Å²) in [6, 6.07) is 0. The molecule has 28 heavy (non-hydrogen) atoms. The molecule has 0 aromatic carbocycles. The first-order valence-corrected chi connectivity index (χ1v) is 10.7. The summed E-state index contributed by atoms with van der Waals surface area (Å²) in [5.74, 6) is 0. The van der Waals surface area contributed by atoms with Crippen LogP contribution in [0.25, 0.3) is 11.2 Å². The predicted octanol–water partition coefficient (Wildman–Crippen LogP) is 1.88. The molecule has 10 nitrogen and oxygen atoms in total. The summed E-state index contributed by atoms with van der Waals surface area (Å²) in [5.41, 5.74) is -0.286. The number of aryl methyl sites for hydroxylation is 2. The first-order chi connectivity index (χ1) is 13.4. The normalized spacial score (nSPS) is 12.0. The highest BCUT2D eigenvalue weighted by molar-refractivity contribution is 7.32. The van der Waals surface area contributed by atoms with E-state index in [0.717, 1.165) is 4.57 Å². The fourth-order valence-electron chi connectivity index (χ4n) is 2.33. The maximum Gasteiger partial charge on any atom is 0.334 e. The van der Waals surface area contributed by atoms with Crippen LogP contribution in [0.3, 0.4) is 0 Å². The molecule has 1 atom stereocenters. The molecule has 11 heteroatoms.